The van der Waals surface area contributed by atoms with Crippen LogP contribution in [0.25, 0.3) is 38.7 Å². The van der Waals surface area contributed by atoms with Gasteiger partial charge in [-0.1, -0.05) is 18.2 Å². The molecule has 0 bridgehead atoms. The van der Waals surface area contributed by atoms with E-state index in [9.17, 15) is 4.79 Å². The van der Waals surface area contributed by atoms with Gasteiger partial charge in [0.1, 0.15) is 10.7 Å². The van der Waals surface area contributed by atoms with E-state index in [4.69, 9.17) is 9.97 Å². The molecule has 210 valence electrons. The molecule has 9 nitrogen and oxygen atoms in total. The average Bonchev–Trinajstić information content (AvgIpc) is 3.69. The fraction of sp³-hybridized carbons (Fsp3) is 0.194. The van der Waals surface area contributed by atoms with E-state index in [1.165, 1.54) is 29.1 Å². The Labute approximate surface area is 250 Å². The zero-order chi connectivity index (χ0) is 28.5. The monoisotopic (exact) mass is 592 g/mol. The van der Waals surface area contributed by atoms with Crippen molar-refractivity contribution in [3.8, 4) is 27.6 Å². The Hall–Kier alpha value is -4.45. The second-order valence-corrected chi connectivity index (χ2v) is 12.1. The molecule has 1 saturated heterocycles. The maximum absolute atomic E-state index is 14.1. The Kier molecular flexibility index (Phi) is 7.20. The molecule has 2 aromatic carbocycles. The minimum Gasteiger partial charge on any atom is -0.381 e. The standard InChI is InChI=1S/C31H28N8OS2/c1-19-27(37-29(42-19)26-17-41-18-34-26)25-14-20-15-33-31(38-28(20)39(30(25)40)24-7-3-2-4-8-24)36-22-11-9-21(10-12-22)35-23-6-5-13-32-16-23/h2-4,7-12,14-15,17-18,23,32,35H,5-6,13,16H2,1H3,(H,33,36,38). The summed E-state index contributed by atoms with van der Waals surface area (Å²) in [4.78, 5) is 33.7. The summed E-state index contributed by atoms with van der Waals surface area (Å²) in [6.45, 7) is 4.05. The third kappa shape index (κ3) is 5.29. The number of hydrogen-bond acceptors (Lipinski definition) is 10. The van der Waals surface area contributed by atoms with Gasteiger partial charge in [-0.05, 0) is 68.8 Å². The van der Waals surface area contributed by atoms with E-state index in [0.29, 0.717) is 28.9 Å². The molecule has 0 saturated carbocycles. The van der Waals surface area contributed by atoms with Gasteiger partial charge in [-0.25, -0.2) is 15.0 Å². The number of rotatable bonds is 7. The first-order valence-corrected chi connectivity index (χ1v) is 15.6. The number of aryl methyl sites for hydroxylation is 1. The highest BCUT2D eigenvalue weighted by molar-refractivity contribution is 7.15. The molecular formula is C31H28N8OS2. The number of fused-ring (bicyclic) bond motifs is 1. The van der Waals surface area contributed by atoms with Crippen molar-refractivity contribution in [1.29, 1.82) is 0 Å². The first-order chi connectivity index (χ1) is 20.6. The smallest absolute Gasteiger partial charge is 0.266 e. The lowest BCUT2D eigenvalue weighted by atomic mass is 10.1. The van der Waals surface area contributed by atoms with Crippen molar-refractivity contribution in [3.05, 3.63) is 93.0 Å². The number of pyridine rings is 1. The van der Waals surface area contributed by atoms with Gasteiger partial charge in [0.25, 0.3) is 5.56 Å². The quantitative estimate of drug-likeness (QED) is 0.200. The van der Waals surface area contributed by atoms with Gasteiger partial charge in [0.2, 0.25) is 5.95 Å². The Morgan fingerprint density at radius 1 is 1.02 bits per heavy atom. The first-order valence-electron chi connectivity index (χ1n) is 13.8. The predicted octanol–water partition coefficient (Wildman–Crippen LogP) is 6.24. The van der Waals surface area contributed by atoms with E-state index < -0.39 is 0 Å². The number of nitrogens with zero attached hydrogens (tertiary/aromatic N) is 5. The van der Waals surface area contributed by atoms with Crippen LogP contribution in [0.3, 0.4) is 0 Å². The lowest BCUT2D eigenvalue weighted by Gasteiger charge is -2.24. The van der Waals surface area contributed by atoms with Crippen molar-refractivity contribution >= 4 is 51.0 Å². The van der Waals surface area contributed by atoms with Crippen molar-refractivity contribution < 1.29 is 0 Å². The van der Waals surface area contributed by atoms with Gasteiger partial charge < -0.3 is 16.0 Å². The molecule has 1 unspecified atom stereocenters. The highest BCUT2D eigenvalue weighted by Gasteiger charge is 2.20. The molecule has 0 amide bonds. The largest absolute Gasteiger partial charge is 0.381 e. The lowest BCUT2D eigenvalue weighted by Crippen LogP contribution is -2.38. The van der Waals surface area contributed by atoms with Crippen LogP contribution in [0.4, 0.5) is 17.3 Å². The fourth-order valence-electron chi connectivity index (χ4n) is 5.21. The summed E-state index contributed by atoms with van der Waals surface area (Å²) in [5.74, 6) is 0.409. The topological polar surface area (TPSA) is 110 Å². The number of anilines is 3. The van der Waals surface area contributed by atoms with E-state index in [-0.39, 0.29) is 5.56 Å². The van der Waals surface area contributed by atoms with E-state index in [1.807, 2.05) is 60.8 Å². The summed E-state index contributed by atoms with van der Waals surface area (Å²) in [5.41, 5.74) is 6.74. The molecular weight excluding hydrogens is 565 g/mol. The summed E-state index contributed by atoms with van der Waals surface area (Å²) in [7, 11) is 0. The molecule has 5 heterocycles. The van der Waals surface area contributed by atoms with Gasteiger partial charge in [-0.2, -0.15) is 4.98 Å². The highest BCUT2D eigenvalue weighted by Crippen LogP contribution is 2.33. The average molecular weight is 593 g/mol. The zero-order valence-corrected chi connectivity index (χ0v) is 24.5. The lowest BCUT2D eigenvalue weighted by molar-refractivity contribution is 0.480. The Balaban J connectivity index is 1.25. The SMILES string of the molecule is Cc1sc(-c2cscn2)nc1-c1cc2cnc(Nc3ccc(NC4CCCNC4)cc3)nc2n(-c2ccccc2)c1=O. The van der Waals surface area contributed by atoms with Gasteiger partial charge in [-0.3, -0.25) is 9.36 Å². The van der Waals surface area contributed by atoms with Gasteiger partial charge in [0, 0.05) is 45.8 Å². The van der Waals surface area contributed by atoms with Crippen LogP contribution in [0, 0.1) is 6.92 Å². The van der Waals surface area contributed by atoms with Gasteiger partial charge >= 0.3 is 0 Å². The minimum atomic E-state index is -0.191. The van der Waals surface area contributed by atoms with E-state index in [2.05, 4.69) is 38.1 Å². The van der Waals surface area contributed by atoms with Crippen molar-refractivity contribution in [3.63, 3.8) is 0 Å². The molecule has 11 heteroatoms. The molecule has 3 N–H and O–H groups in total. The second kappa shape index (κ2) is 11.4. The molecule has 6 aromatic rings. The van der Waals surface area contributed by atoms with Crippen LogP contribution in [0.2, 0.25) is 0 Å². The van der Waals surface area contributed by atoms with Crippen LogP contribution in [0.15, 0.2) is 82.5 Å². The van der Waals surface area contributed by atoms with Crippen molar-refractivity contribution in [1.82, 2.24) is 29.8 Å². The summed E-state index contributed by atoms with van der Waals surface area (Å²) < 4.78 is 1.64. The molecule has 1 aliphatic heterocycles. The Morgan fingerprint density at radius 2 is 1.86 bits per heavy atom. The molecule has 1 atom stereocenters. The summed E-state index contributed by atoms with van der Waals surface area (Å²) in [6, 6.07) is 20.0. The fourth-order valence-corrected chi connectivity index (χ4v) is 6.71. The van der Waals surface area contributed by atoms with Gasteiger partial charge in [0.15, 0.2) is 5.65 Å². The number of benzene rings is 2. The third-order valence-corrected chi connectivity index (χ3v) is 8.85. The number of nitrogens with one attached hydrogen (secondary N) is 3. The van der Waals surface area contributed by atoms with Crippen molar-refractivity contribution in [2.45, 2.75) is 25.8 Å². The molecule has 42 heavy (non-hydrogen) atoms. The van der Waals surface area contributed by atoms with E-state index in [1.54, 1.807) is 16.3 Å². The van der Waals surface area contributed by atoms with Crippen LogP contribution in [0.5, 0.6) is 0 Å². The number of hydrogen-bond donors (Lipinski definition) is 3. The molecule has 0 radical (unpaired) electrons. The number of para-hydroxylation sites is 1. The Bertz CT molecular complexity index is 1890. The van der Waals surface area contributed by atoms with E-state index in [0.717, 1.165) is 57.5 Å². The minimum absolute atomic E-state index is 0.191. The van der Waals surface area contributed by atoms with Crippen molar-refractivity contribution in [2.24, 2.45) is 0 Å². The normalized spacial score (nSPS) is 15.1. The molecule has 1 aliphatic rings. The van der Waals surface area contributed by atoms with Crippen LogP contribution in [-0.2, 0) is 0 Å². The second-order valence-electron chi connectivity index (χ2n) is 10.2. The summed E-state index contributed by atoms with van der Waals surface area (Å²) in [5, 5.41) is 13.8. The number of aromatic nitrogens is 5. The number of piperidine rings is 1. The first kappa shape index (κ1) is 26.4. The van der Waals surface area contributed by atoms with Crippen LogP contribution in [0.1, 0.15) is 17.7 Å². The summed E-state index contributed by atoms with van der Waals surface area (Å²) in [6.07, 6.45) is 4.10. The number of thiazole rings is 2. The molecule has 0 aliphatic carbocycles. The highest BCUT2D eigenvalue weighted by atomic mass is 32.1. The van der Waals surface area contributed by atoms with Crippen LogP contribution in [-0.4, -0.2) is 43.6 Å². The van der Waals surface area contributed by atoms with Crippen molar-refractivity contribution in [2.75, 3.05) is 23.7 Å². The van der Waals surface area contributed by atoms with Gasteiger partial charge in [0.05, 0.1) is 22.5 Å². The maximum atomic E-state index is 14.1. The molecule has 7 rings (SSSR count). The predicted molar refractivity (Wildman–Crippen MR) is 171 cm³/mol. The van der Waals surface area contributed by atoms with E-state index >= 15 is 0 Å². The zero-order valence-electron chi connectivity index (χ0n) is 22.9. The molecule has 0 spiro atoms. The molecule has 4 aromatic heterocycles. The van der Waals surface area contributed by atoms with Gasteiger partial charge in [-0.15, -0.1) is 22.7 Å². The Morgan fingerprint density at radius 3 is 2.62 bits per heavy atom. The molecule has 1 fully saturated rings. The maximum Gasteiger partial charge on any atom is 0.266 e. The third-order valence-electron chi connectivity index (χ3n) is 7.27. The van der Waals surface area contributed by atoms with Crippen LogP contribution < -0.4 is 21.5 Å². The summed E-state index contributed by atoms with van der Waals surface area (Å²) >= 11 is 3.05. The van der Waals surface area contributed by atoms with Crippen LogP contribution >= 0.6 is 22.7 Å².